The van der Waals surface area contributed by atoms with Crippen molar-refractivity contribution in [1.29, 1.82) is 0 Å². The second-order valence-electron chi connectivity index (χ2n) is 6.13. The van der Waals surface area contributed by atoms with Crippen LogP contribution in [0.4, 0.5) is 0 Å². The molecule has 5 rings (SSSR count). The van der Waals surface area contributed by atoms with Crippen molar-refractivity contribution in [2.24, 2.45) is 0 Å². The summed E-state index contributed by atoms with van der Waals surface area (Å²) in [5.74, 6) is 1.48. The van der Waals surface area contributed by atoms with Crippen LogP contribution in [0.2, 0.25) is 5.02 Å². The van der Waals surface area contributed by atoms with E-state index in [1.54, 1.807) is 15.2 Å². The zero-order valence-corrected chi connectivity index (χ0v) is 14.7. The van der Waals surface area contributed by atoms with E-state index < -0.39 is 0 Å². The Balaban J connectivity index is 1.47. The van der Waals surface area contributed by atoms with Crippen LogP contribution in [0.5, 0.6) is 0 Å². The molecule has 5 heterocycles. The Bertz CT molecular complexity index is 1230. The first-order valence-corrected chi connectivity index (χ1v) is 8.66. The topological polar surface area (TPSA) is 73.3 Å². The fourth-order valence-electron chi connectivity index (χ4n) is 3.07. The number of fused-ring (bicyclic) bond motifs is 4. The molecule has 0 saturated carbocycles. The highest BCUT2D eigenvalue weighted by molar-refractivity contribution is 6.33. The maximum atomic E-state index is 6.21. The predicted octanol–water partition coefficient (Wildman–Crippen LogP) is 3.07. The van der Waals surface area contributed by atoms with Gasteiger partial charge in [-0.3, -0.25) is 4.98 Å². The summed E-state index contributed by atoms with van der Waals surface area (Å²) in [5.41, 5.74) is 3.40. The molecule has 26 heavy (non-hydrogen) atoms. The van der Waals surface area contributed by atoms with Crippen LogP contribution < -0.4 is 0 Å². The molecule has 0 bridgehead atoms. The van der Waals surface area contributed by atoms with Crippen molar-refractivity contribution in [3.05, 3.63) is 65.1 Å². The van der Waals surface area contributed by atoms with Gasteiger partial charge < -0.3 is 0 Å². The summed E-state index contributed by atoms with van der Waals surface area (Å²) in [6.07, 6.45) is 4.95. The Morgan fingerprint density at radius 3 is 2.62 bits per heavy atom. The molecule has 0 aliphatic carbocycles. The molecule has 0 atom stereocenters. The van der Waals surface area contributed by atoms with Gasteiger partial charge in [-0.1, -0.05) is 11.6 Å². The normalized spacial score (nSPS) is 11.8. The van der Waals surface area contributed by atoms with E-state index in [4.69, 9.17) is 11.6 Å². The Kier molecular flexibility index (Phi) is 3.36. The first-order chi connectivity index (χ1) is 12.7. The summed E-state index contributed by atoms with van der Waals surface area (Å²) in [5, 5.41) is 10.7. The lowest BCUT2D eigenvalue weighted by Crippen LogP contribution is -1.97. The van der Waals surface area contributed by atoms with Gasteiger partial charge in [0.05, 0.1) is 10.5 Å². The lowest BCUT2D eigenvalue weighted by atomic mass is 10.2. The van der Waals surface area contributed by atoms with Gasteiger partial charge in [0, 0.05) is 36.3 Å². The molecule has 8 heteroatoms. The van der Waals surface area contributed by atoms with Crippen molar-refractivity contribution in [2.45, 2.75) is 19.8 Å². The predicted molar refractivity (Wildman–Crippen MR) is 98.4 cm³/mol. The Morgan fingerprint density at radius 2 is 1.77 bits per heavy atom. The molecular formula is C18H14ClN7. The summed E-state index contributed by atoms with van der Waals surface area (Å²) in [6.45, 7) is 1.98. The fourth-order valence-corrected chi connectivity index (χ4v) is 3.25. The van der Waals surface area contributed by atoms with Gasteiger partial charge in [-0.25, -0.2) is 19.0 Å². The van der Waals surface area contributed by atoms with Crippen LogP contribution in [0.25, 0.3) is 22.2 Å². The van der Waals surface area contributed by atoms with E-state index in [9.17, 15) is 0 Å². The van der Waals surface area contributed by atoms with Gasteiger partial charge in [0.2, 0.25) is 0 Å². The molecule has 7 nitrogen and oxygen atoms in total. The van der Waals surface area contributed by atoms with Crippen LogP contribution in [-0.4, -0.2) is 34.2 Å². The molecule has 0 aromatic carbocycles. The van der Waals surface area contributed by atoms with E-state index in [0.29, 0.717) is 23.5 Å². The number of hydrogen-bond acceptors (Lipinski definition) is 5. The molecule has 0 unspecified atom stereocenters. The monoisotopic (exact) mass is 363 g/mol. The third-order valence-corrected chi connectivity index (χ3v) is 4.66. The summed E-state index contributed by atoms with van der Waals surface area (Å²) in [7, 11) is 0. The minimum Gasteiger partial charge on any atom is -0.256 e. The minimum atomic E-state index is 0.596. The number of rotatable bonds is 3. The number of pyridine rings is 3. The summed E-state index contributed by atoms with van der Waals surface area (Å²) < 4.78 is 3.56. The Labute approximate surface area is 153 Å². The number of halogens is 1. The quantitative estimate of drug-likeness (QED) is 0.492. The van der Waals surface area contributed by atoms with Gasteiger partial charge in [0.25, 0.3) is 0 Å². The van der Waals surface area contributed by atoms with E-state index in [2.05, 4.69) is 25.1 Å². The van der Waals surface area contributed by atoms with Crippen LogP contribution in [0.3, 0.4) is 0 Å². The van der Waals surface area contributed by atoms with E-state index in [1.165, 1.54) is 0 Å². The Hall–Kier alpha value is -3.06. The maximum absolute atomic E-state index is 6.21. The molecule has 0 aliphatic rings. The van der Waals surface area contributed by atoms with E-state index >= 15 is 0 Å². The molecule has 0 spiro atoms. The third-order valence-electron chi connectivity index (χ3n) is 4.37. The van der Waals surface area contributed by atoms with E-state index in [-0.39, 0.29) is 0 Å². The van der Waals surface area contributed by atoms with Crippen molar-refractivity contribution in [3.63, 3.8) is 0 Å². The van der Waals surface area contributed by atoms with Crippen LogP contribution in [0.15, 0.2) is 42.7 Å². The standard InChI is InChI=1S/C18H14ClN7/c1-11-4-5-13(19)18-22-16(24-26(11)18)7-6-15-21-17-12-3-2-9-20-14(12)8-10-25(17)23-15/h2-5,8-10H,6-7H2,1H3. The number of aromatic nitrogens is 7. The van der Waals surface area contributed by atoms with Gasteiger partial charge in [-0.05, 0) is 37.3 Å². The molecule has 0 amide bonds. The third kappa shape index (κ3) is 2.40. The van der Waals surface area contributed by atoms with Gasteiger partial charge in [-0.15, -0.1) is 0 Å². The Morgan fingerprint density at radius 1 is 0.962 bits per heavy atom. The SMILES string of the molecule is Cc1ccc(Cl)c2nc(CCc3nc4c5cccnc5ccn4n3)nn12. The van der Waals surface area contributed by atoms with Crippen molar-refractivity contribution < 1.29 is 0 Å². The van der Waals surface area contributed by atoms with Crippen LogP contribution in [0.1, 0.15) is 17.3 Å². The van der Waals surface area contributed by atoms with Crippen LogP contribution in [0, 0.1) is 6.92 Å². The molecular weight excluding hydrogens is 350 g/mol. The highest BCUT2D eigenvalue weighted by Crippen LogP contribution is 2.18. The van der Waals surface area contributed by atoms with Crippen molar-refractivity contribution >= 4 is 33.8 Å². The summed E-state index contributed by atoms with van der Waals surface area (Å²) >= 11 is 6.21. The second-order valence-corrected chi connectivity index (χ2v) is 6.54. The minimum absolute atomic E-state index is 0.596. The largest absolute Gasteiger partial charge is 0.256 e. The zero-order chi connectivity index (χ0) is 17.7. The molecule has 0 radical (unpaired) electrons. The van der Waals surface area contributed by atoms with Crippen molar-refractivity contribution in [2.75, 3.05) is 0 Å². The van der Waals surface area contributed by atoms with E-state index in [1.807, 2.05) is 43.5 Å². The molecule has 128 valence electrons. The molecule has 5 aromatic heterocycles. The lowest BCUT2D eigenvalue weighted by molar-refractivity contribution is 0.783. The average Bonchev–Trinajstić information content (AvgIpc) is 3.28. The maximum Gasteiger partial charge on any atom is 0.174 e. The summed E-state index contributed by atoms with van der Waals surface area (Å²) in [6, 6.07) is 9.62. The van der Waals surface area contributed by atoms with Crippen LogP contribution >= 0.6 is 11.6 Å². The molecule has 5 aromatic rings. The van der Waals surface area contributed by atoms with Crippen molar-refractivity contribution in [3.8, 4) is 0 Å². The number of hydrogen-bond donors (Lipinski definition) is 0. The highest BCUT2D eigenvalue weighted by atomic mass is 35.5. The molecule has 0 fully saturated rings. The lowest BCUT2D eigenvalue weighted by Gasteiger charge is -1.97. The van der Waals surface area contributed by atoms with E-state index in [0.717, 1.165) is 33.9 Å². The average molecular weight is 364 g/mol. The number of aryl methyl sites for hydroxylation is 3. The number of nitrogens with zero attached hydrogens (tertiary/aromatic N) is 7. The first kappa shape index (κ1) is 15.2. The summed E-state index contributed by atoms with van der Waals surface area (Å²) in [4.78, 5) is 13.6. The second kappa shape index (κ2) is 5.74. The molecule has 0 N–H and O–H groups in total. The smallest absolute Gasteiger partial charge is 0.174 e. The van der Waals surface area contributed by atoms with Crippen molar-refractivity contribution in [1.82, 2.24) is 34.2 Å². The van der Waals surface area contributed by atoms with Gasteiger partial charge in [-0.2, -0.15) is 10.2 Å². The van der Waals surface area contributed by atoms with Gasteiger partial charge in [0.15, 0.2) is 22.9 Å². The first-order valence-electron chi connectivity index (χ1n) is 8.29. The fraction of sp³-hybridized carbons (Fsp3) is 0.167. The van der Waals surface area contributed by atoms with Gasteiger partial charge in [0.1, 0.15) is 0 Å². The van der Waals surface area contributed by atoms with Gasteiger partial charge >= 0.3 is 0 Å². The zero-order valence-electron chi connectivity index (χ0n) is 14.0. The van der Waals surface area contributed by atoms with Crippen LogP contribution in [-0.2, 0) is 12.8 Å². The molecule has 0 aliphatic heterocycles. The highest BCUT2D eigenvalue weighted by Gasteiger charge is 2.12. The molecule has 0 saturated heterocycles.